The lowest BCUT2D eigenvalue weighted by Gasteiger charge is -2.24. The summed E-state index contributed by atoms with van der Waals surface area (Å²) in [7, 11) is -1.47. The molecule has 0 saturated carbocycles. The van der Waals surface area contributed by atoms with Crippen LogP contribution >= 0.6 is 24.0 Å². The molecule has 7 nitrogen and oxygen atoms in total. The van der Waals surface area contributed by atoms with Crippen molar-refractivity contribution in [1.29, 1.82) is 0 Å². The third kappa shape index (κ3) is 5.91. The molecule has 1 atom stereocenters. The van der Waals surface area contributed by atoms with Crippen LogP contribution < -0.4 is 10.2 Å². The molecule has 174 valence electrons. The summed E-state index contributed by atoms with van der Waals surface area (Å²) in [4.78, 5) is 20.5. The van der Waals surface area contributed by atoms with E-state index in [1.165, 1.54) is 5.56 Å². The molecule has 0 aromatic heterocycles. The molecule has 1 fully saturated rings. The van der Waals surface area contributed by atoms with Crippen molar-refractivity contribution >= 4 is 51.4 Å². The summed E-state index contributed by atoms with van der Waals surface area (Å²) in [6.07, 6.45) is 2.54. The first kappa shape index (κ1) is 25.9. The van der Waals surface area contributed by atoms with Crippen LogP contribution in [0.15, 0.2) is 29.3 Å². The summed E-state index contributed by atoms with van der Waals surface area (Å²) in [6, 6.07) is 8.27. The first-order valence-corrected chi connectivity index (χ1v) is 12.4. The molecular weight excluding hydrogens is 527 g/mol. The molecular formula is C22H35IN4O3S. The van der Waals surface area contributed by atoms with Crippen molar-refractivity contribution in [3.8, 4) is 0 Å². The Morgan fingerprint density at radius 1 is 1.26 bits per heavy atom. The van der Waals surface area contributed by atoms with E-state index in [-0.39, 0.29) is 35.6 Å². The molecule has 0 radical (unpaired) electrons. The van der Waals surface area contributed by atoms with Gasteiger partial charge in [0.2, 0.25) is 5.91 Å². The molecule has 1 saturated heterocycles. The van der Waals surface area contributed by atoms with E-state index >= 15 is 0 Å². The van der Waals surface area contributed by atoms with Crippen LogP contribution in [0.2, 0.25) is 0 Å². The molecule has 3 rings (SSSR count). The maximum Gasteiger partial charge on any atom is 0.222 e. The van der Waals surface area contributed by atoms with Gasteiger partial charge in [0.1, 0.15) is 0 Å². The van der Waals surface area contributed by atoms with Gasteiger partial charge in [-0.05, 0) is 45.2 Å². The summed E-state index contributed by atoms with van der Waals surface area (Å²) >= 11 is 0. The summed E-state index contributed by atoms with van der Waals surface area (Å²) in [5, 5.41) is 3.24. The normalized spacial score (nSPS) is 19.4. The number of carbonyl (C=O) groups excluding carboxylic acids is 1. The van der Waals surface area contributed by atoms with Gasteiger partial charge in [-0.15, -0.1) is 24.0 Å². The SMILES string of the molecule is CN=C(NCCS(=O)(=O)C(C)(C)C)N1CC(CCN2CCCC2=O)c2ccccc21.I. The molecule has 1 N–H and O–H groups in total. The number of amides is 1. The van der Waals surface area contributed by atoms with Gasteiger partial charge in [0.05, 0.1) is 10.5 Å². The zero-order valence-corrected chi connectivity index (χ0v) is 22.1. The van der Waals surface area contributed by atoms with Crippen molar-refractivity contribution in [1.82, 2.24) is 10.2 Å². The highest BCUT2D eigenvalue weighted by Crippen LogP contribution is 2.38. The monoisotopic (exact) mass is 562 g/mol. The maximum absolute atomic E-state index is 12.4. The van der Waals surface area contributed by atoms with Crippen molar-refractivity contribution < 1.29 is 13.2 Å². The fourth-order valence-electron chi connectivity index (χ4n) is 4.09. The Hall–Kier alpha value is -1.36. The Morgan fingerprint density at radius 3 is 2.58 bits per heavy atom. The van der Waals surface area contributed by atoms with Gasteiger partial charge >= 0.3 is 0 Å². The molecule has 9 heteroatoms. The van der Waals surface area contributed by atoms with E-state index in [2.05, 4.69) is 27.3 Å². The van der Waals surface area contributed by atoms with Crippen LogP contribution in [0.4, 0.5) is 5.69 Å². The van der Waals surface area contributed by atoms with Crippen LogP contribution in [0.25, 0.3) is 0 Å². The van der Waals surface area contributed by atoms with Gasteiger partial charge in [-0.1, -0.05) is 18.2 Å². The number of guanidine groups is 1. The first-order valence-electron chi connectivity index (χ1n) is 10.7. The number of aliphatic imine (C=N–C) groups is 1. The van der Waals surface area contributed by atoms with Gasteiger partial charge in [0.15, 0.2) is 15.8 Å². The van der Waals surface area contributed by atoms with E-state index in [0.717, 1.165) is 38.2 Å². The standard InChI is InChI=1S/C22H34N4O3S.HI/c1-22(2,3)30(28,29)15-12-24-21(23-4)26-16-17(18-8-5-6-9-19(18)26)11-14-25-13-7-10-20(25)27;/h5-6,8-9,17H,7,10-16H2,1-4H3,(H,23,24);1H. The Kier molecular flexibility index (Phi) is 8.77. The van der Waals surface area contributed by atoms with Crippen molar-refractivity contribution in [2.24, 2.45) is 4.99 Å². The topological polar surface area (TPSA) is 82.1 Å². The minimum absolute atomic E-state index is 0. The summed E-state index contributed by atoms with van der Waals surface area (Å²) < 4.78 is 24.0. The van der Waals surface area contributed by atoms with Gasteiger partial charge in [-0.25, -0.2) is 8.42 Å². The van der Waals surface area contributed by atoms with E-state index in [9.17, 15) is 13.2 Å². The number of likely N-dealkylation sites (tertiary alicyclic amines) is 1. The number of halogens is 1. The van der Waals surface area contributed by atoms with E-state index in [4.69, 9.17) is 0 Å². The molecule has 2 aliphatic rings. The molecule has 31 heavy (non-hydrogen) atoms. The van der Waals surface area contributed by atoms with Gasteiger partial charge in [-0.2, -0.15) is 0 Å². The third-order valence-electron chi connectivity index (χ3n) is 6.04. The molecule has 0 aliphatic carbocycles. The molecule has 1 amide bonds. The van der Waals surface area contributed by atoms with Crippen LogP contribution in [0.5, 0.6) is 0 Å². The van der Waals surface area contributed by atoms with Crippen LogP contribution in [-0.2, 0) is 14.6 Å². The van der Waals surface area contributed by atoms with Crippen molar-refractivity contribution in [3.05, 3.63) is 29.8 Å². The van der Waals surface area contributed by atoms with E-state index < -0.39 is 14.6 Å². The van der Waals surface area contributed by atoms with E-state index in [1.54, 1.807) is 27.8 Å². The quantitative estimate of drug-likeness (QED) is 0.328. The number of para-hydroxylation sites is 1. The number of rotatable bonds is 6. The van der Waals surface area contributed by atoms with Gasteiger partial charge in [-0.3, -0.25) is 9.79 Å². The smallest absolute Gasteiger partial charge is 0.222 e. The number of hydrogen-bond donors (Lipinski definition) is 1. The molecule has 1 unspecified atom stereocenters. The Balaban J connectivity index is 0.00000341. The van der Waals surface area contributed by atoms with Crippen LogP contribution in [-0.4, -0.2) is 68.9 Å². The lowest BCUT2D eigenvalue weighted by Crippen LogP contribution is -2.44. The molecule has 1 aromatic rings. The lowest BCUT2D eigenvalue weighted by molar-refractivity contribution is -0.127. The summed E-state index contributed by atoms with van der Waals surface area (Å²) in [6.45, 7) is 7.91. The highest BCUT2D eigenvalue weighted by molar-refractivity contribution is 14.0. The van der Waals surface area contributed by atoms with E-state index in [1.807, 2.05) is 17.0 Å². The lowest BCUT2D eigenvalue weighted by atomic mass is 9.98. The number of sulfone groups is 1. The predicted octanol–water partition coefficient (Wildman–Crippen LogP) is 3.01. The summed E-state index contributed by atoms with van der Waals surface area (Å²) in [5.74, 6) is 1.32. The number of anilines is 1. The molecule has 0 bridgehead atoms. The first-order chi connectivity index (χ1) is 14.1. The molecule has 1 aromatic carbocycles. The maximum atomic E-state index is 12.4. The molecule has 2 aliphatic heterocycles. The molecule has 0 spiro atoms. The minimum atomic E-state index is -3.19. The number of nitrogens with zero attached hydrogens (tertiary/aromatic N) is 3. The second kappa shape index (κ2) is 10.5. The average Bonchev–Trinajstić information content (AvgIpc) is 3.26. The number of carbonyl (C=O) groups is 1. The Morgan fingerprint density at radius 2 is 1.97 bits per heavy atom. The van der Waals surface area contributed by atoms with Crippen LogP contribution in [0.3, 0.4) is 0 Å². The number of fused-ring (bicyclic) bond motifs is 1. The van der Waals surface area contributed by atoms with Gasteiger partial charge in [0, 0.05) is 51.3 Å². The van der Waals surface area contributed by atoms with Crippen molar-refractivity contribution in [2.75, 3.05) is 43.9 Å². The fourth-order valence-corrected chi connectivity index (χ4v) is 5.08. The van der Waals surface area contributed by atoms with Crippen LogP contribution in [0.1, 0.15) is 51.5 Å². The number of benzene rings is 1. The average molecular weight is 563 g/mol. The largest absolute Gasteiger partial charge is 0.355 e. The number of hydrogen-bond acceptors (Lipinski definition) is 4. The zero-order valence-electron chi connectivity index (χ0n) is 18.9. The zero-order chi connectivity index (χ0) is 21.9. The summed E-state index contributed by atoms with van der Waals surface area (Å²) in [5.41, 5.74) is 2.36. The highest BCUT2D eigenvalue weighted by Gasteiger charge is 2.33. The highest BCUT2D eigenvalue weighted by atomic mass is 127. The van der Waals surface area contributed by atoms with Crippen molar-refractivity contribution in [3.63, 3.8) is 0 Å². The Labute approximate surface area is 203 Å². The van der Waals surface area contributed by atoms with Crippen molar-refractivity contribution in [2.45, 2.75) is 50.7 Å². The molecule has 2 heterocycles. The fraction of sp³-hybridized carbons (Fsp3) is 0.636. The van der Waals surface area contributed by atoms with Crippen LogP contribution in [0, 0.1) is 0 Å². The van der Waals surface area contributed by atoms with E-state index in [0.29, 0.717) is 24.8 Å². The number of nitrogens with one attached hydrogen (secondary N) is 1. The third-order valence-corrected chi connectivity index (χ3v) is 8.65. The Bertz CT molecular complexity index is 912. The predicted molar refractivity (Wildman–Crippen MR) is 137 cm³/mol. The minimum Gasteiger partial charge on any atom is -0.355 e. The van der Waals surface area contributed by atoms with Gasteiger partial charge < -0.3 is 15.1 Å². The second-order valence-electron chi connectivity index (χ2n) is 9.04. The van der Waals surface area contributed by atoms with Gasteiger partial charge in [0.25, 0.3) is 0 Å². The second-order valence-corrected chi connectivity index (χ2v) is 11.9.